The van der Waals surface area contributed by atoms with E-state index in [1.54, 1.807) is 0 Å². The van der Waals surface area contributed by atoms with Gasteiger partial charge in [0.2, 0.25) is 34.4 Å². The first-order valence-electron chi connectivity index (χ1n) is 4.22. The topological polar surface area (TPSA) is 181 Å². The first-order chi connectivity index (χ1) is 8.36. The molecule has 8 N–H and O–H groups in total. The van der Waals surface area contributed by atoms with Crippen LogP contribution in [-0.2, 0) is 0 Å². The van der Waals surface area contributed by atoms with Crippen LogP contribution >= 0.6 is 23.2 Å². The molecule has 18 heavy (non-hydrogen) atoms. The summed E-state index contributed by atoms with van der Waals surface area (Å²) in [5.41, 5.74) is 20.5. The first kappa shape index (κ1) is 13.9. The Hall–Kier alpha value is -2.20. The Kier molecular flexibility index (Phi) is 4.57. The van der Waals surface area contributed by atoms with Crippen LogP contribution < -0.4 is 22.9 Å². The van der Waals surface area contributed by atoms with Crippen molar-refractivity contribution in [3.63, 3.8) is 0 Å². The third-order valence-electron chi connectivity index (χ3n) is 1.29. The summed E-state index contributed by atoms with van der Waals surface area (Å²) in [5.74, 6) is 0.139. The van der Waals surface area contributed by atoms with Crippen LogP contribution in [-0.4, -0.2) is 29.9 Å². The maximum atomic E-state index is 5.33. The monoisotopic (exact) mass is 290 g/mol. The lowest BCUT2D eigenvalue weighted by Gasteiger charge is -1.92. The molecule has 0 aliphatic heterocycles. The van der Waals surface area contributed by atoms with Gasteiger partial charge in [-0.05, 0) is 23.2 Å². The highest BCUT2D eigenvalue weighted by Crippen LogP contribution is 2.03. The van der Waals surface area contributed by atoms with Gasteiger partial charge in [0, 0.05) is 0 Å². The summed E-state index contributed by atoms with van der Waals surface area (Å²) in [6.45, 7) is 0. The van der Waals surface area contributed by atoms with E-state index in [2.05, 4.69) is 29.9 Å². The minimum absolute atomic E-state index is 0.0139. The van der Waals surface area contributed by atoms with E-state index in [4.69, 9.17) is 46.1 Å². The van der Waals surface area contributed by atoms with E-state index in [1.165, 1.54) is 0 Å². The molecule has 0 aliphatic rings. The predicted molar refractivity (Wildman–Crippen MR) is 67.3 cm³/mol. The van der Waals surface area contributed by atoms with Crippen LogP contribution in [0.1, 0.15) is 0 Å². The summed E-state index contributed by atoms with van der Waals surface area (Å²) in [5, 5.41) is 0.0278. The fourth-order valence-corrected chi connectivity index (χ4v) is 1.11. The Balaban J connectivity index is 0.000000180. The van der Waals surface area contributed by atoms with Crippen LogP contribution in [0.5, 0.6) is 0 Å². The van der Waals surface area contributed by atoms with Gasteiger partial charge in [0.25, 0.3) is 0 Å². The normalized spacial score (nSPS) is 9.44. The van der Waals surface area contributed by atoms with Crippen molar-refractivity contribution in [2.75, 3.05) is 22.9 Å². The summed E-state index contributed by atoms with van der Waals surface area (Å²) in [4.78, 5) is 20.9. The van der Waals surface area contributed by atoms with Crippen LogP contribution in [0.15, 0.2) is 0 Å². The van der Waals surface area contributed by atoms with Crippen molar-refractivity contribution in [1.82, 2.24) is 29.9 Å². The molecular formula is C6H8Cl2N10. The van der Waals surface area contributed by atoms with E-state index in [9.17, 15) is 0 Å². The second-order valence-corrected chi connectivity index (χ2v) is 3.32. The number of nitrogens with zero attached hydrogens (tertiary/aromatic N) is 6. The van der Waals surface area contributed by atoms with Gasteiger partial charge in [0.1, 0.15) is 0 Å². The van der Waals surface area contributed by atoms with E-state index < -0.39 is 0 Å². The zero-order valence-electron chi connectivity index (χ0n) is 8.75. The molecule has 0 unspecified atom stereocenters. The molecule has 0 bridgehead atoms. The number of rotatable bonds is 0. The van der Waals surface area contributed by atoms with Crippen LogP contribution in [0.4, 0.5) is 23.8 Å². The Morgan fingerprint density at radius 2 is 0.722 bits per heavy atom. The molecule has 0 fully saturated rings. The van der Waals surface area contributed by atoms with Gasteiger partial charge in [0.15, 0.2) is 0 Å². The van der Waals surface area contributed by atoms with Gasteiger partial charge in [-0.25, -0.2) is 0 Å². The third kappa shape index (κ3) is 4.76. The second-order valence-electron chi connectivity index (χ2n) is 2.64. The molecule has 0 atom stereocenters. The predicted octanol–water partition coefficient (Wildman–Crippen LogP) is -0.621. The molecule has 0 aliphatic carbocycles. The molecule has 0 saturated heterocycles. The quantitative estimate of drug-likeness (QED) is 0.488. The minimum Gasteiger partial charge on any atom is -0.368 e. The lowest BCUT2D eigenvalue weighted by Crippen LogP contribution is -2.01. The molecule has 2 aromatic heterocycles. The van der Waals surface area contributed by atoms with Crippen molar-refractivity contribution in [3.05, 3.63) is 10.6 Å². The number of anilines is 4. The highest BCUT2D eigenvalue weighted by molar-refractivity contribution is 6.28. The van der Waals surface area contributed by atoms with Crippen LogP contribution in [0.3, 0.4) is 0 Å². The Labute approximate surface area is 111 Å². The average Bonchev–Trinajstić information content (AvgIpc) is 2.12. The van der Waals surface area contributed by atoms with E-state index >= 15 is 0 Å². The Morgan fingerprint density at radius 1 is 0.500 bits per heavy atom. The standard InChI is InChI=1S/2C3H4ClN5/c2*4-1-7-2(5)9-3(6)8-1/h2*(H4,5,6,7,8,9). The highest BCUT2D eigenvalue weighted by Gasteiger charge is 1.95. The van der Waals surface area contributed by atoms with Gasteiger partial charge in [-0.2, -0.15) is 29.9 Å². The van der Waals surface area contributed by atoms with E-state index in [1.807, 2.05) is 0 Å². The highest BCUT2D eigenvalue weighted by atomic mass is 35.5. The third-order valence-corrected chi connectivity index (χ3v) is 1.62. The number of aromatic nitrogens is 6. The molecule has 96 valence electrons. The number of hydrogen-bond acceptors (Lipinski definition) is 10. The summed E-state index contributed by atoms with van der Waals surface area (Å²) >= 11 is 10.7. The largest absolute Gasteiger partial charge is 0.368 e. The average molecular weight is 291 g/mol. The summed E-state index contributed by atoms with van der Waals surface area (Å²) in [6, 6.07) is 0. The maximum absolute atomic E-state index is 5.33. The van der Waals surface area contributed by atoms with E-state index in [-0.39, 0.29) is 34.4 Å². The number of nitrogens with two attached hydrogens (primary N) is 4. The van der Waals surface area contributed by atoms with Crippen molar-refractivity contribution < 1.29 is 0 Å². The molecule has 10 nitrogen and oxygen atoms in total. The molecule has 0 radical (unpaired) electrons. The Morgan fingerprint density at radius 3 is 0.889 bits per heavy atom. The van der Waals surface area contributed by atoms with Crippen molar-refractivity contribution >= 4 is 47.0 Å². The molecular weight excluding hydrogens is 283 g/mol. The smallest absolute Gasteiger partial charge is 0.228 e. The van der Waals surface area contributed by atoms with Gasteiger partial charge < -0.3 is 22.9 Å². The maximum Gasteiger partial charge on any atom is 0.228 e. The Bertz CT molecular complexity index is 395. The lowest BCUT2D eigenvalue weighted by atomic mass is 10.9. The molecule has 0 aromatic carbocycles. The van der Waals surface area contributed by atoms with Crippen molar-refractivity contribution in [2.24, 2.45) is 0 Å². The molecule has 2 heterocycles. The number of nitrogen functional groups attached to an aromatic ring is 4. The molecule has 0 saturated carbocycles. The fourth-order valence-electron chi connectivity index (χ4n) is 0.763. The summed E-state index contributed by atoms with van der Waals surface area (Å²) in [6.07, 6.45) is 0. The molecule has 0 spiro atoms. The van der Waals surface area contributed by atoms with Crippen LogP contribution in [0.25, 0.3) is 0 Å². The van der Waals surface area contributed by atoms with Gasteiger partial charge >= 0.3 is 0 Å². The first-order valence-corrected chi connectivity index (χ1v) is 4.97. The van der Waals surface area contributed by atoms with Gasteiger partial charge in [-0.3, -0.25) is 0 Å². The minimum atomic E-state index is 0.0139. The molecule has 0 amide bonds. The van der Waals surface area contributed by atoms with Gasteiger partial charge in [-0.15, -0.1) is 0 Å². The fraction of sp³-hybridized carbons (Fsp3) is 0. The second kappa shape index (κ2) is 5.93. The van der Waals surface area contributed by atoms with Crippen LogP contribution in [0, 0.1) is 0 Å². The van der Waals surface area contributed by atoms with Crippen molar-refractivity contribution in [1.29, 1.82) is 0 Å². The lowest BCUT2D eigenvalue weighted by molar-refractivity contribution is 1.08. The van der Waals surface area contributed by atoms with E-state index in [0.29, 0.717) is 0 Å². The zero-order valence-corrected chi connectivity index (χ0v) is 10.3. The SMILES string of the molecule is Nc1nc(N)nc(Cl)n1.Nc1nc(N)nc(Cl)n1. The molecule has 2 rings (SSSR count). The van der Waals surface area contributed by atoms with Crippen LogP contribution in [0.2, 0.25) is 10.6 Å². The van der Waals surface area contributed by atoms with E-state index in [0.717, 1.165) is 0 Å². The summed E-state index contributed by atoms with van der Waals surface area (Å²) in [7, 11) is 0. The van der Waals surface area contributed by atoms with Gasteiger partial charge in [0.05, 0.1) is 0 Å². The zero-order chi connectivity index (χ0) is 13.7. The van der Waals surface area contributed by atoms with Crippen molar-refractivity contribution in [3.8, 4) is 0 Å². The number of halogens is 2. The number of hydrogen-bond donors (Lipinski definition) is 4. The molecule has 2 aromatic rings. The molecule has 12 heteroatoms. The summed E-state index contributed by atoms with van der Waals surface area (Å²) < 4.78 is 0. The van der Waals surface area contributed by atoms with Gasteiger partial charge in [-0.1, -0.05) is 0 Å². The van der Waals surface area contributed by atoms with Crippen molar-refractivity contribution in [2.45, 2.75) is 0 Å².